The zero-order chi connectivity index (χ0) is 32.5. The van der Waals surface area contributed by atoms with Crippen LogP contribution < -0.4 is 4.74 Å². The number of carbonyl (C=O) groups excluding carboxylic acids is 2. The Morgan fingerprint density at radius 1 is 0.614 bits per heavy atom. The fourth-order valence-corrected chi connectivity index (χ4v) is 4.04. The molecule has 3 aromatic carbocycles. The molecule has 0 amide bonds. The molecule has 3 aromatic rings. The third-order valence-corrected chi connectivity index (χ3v) is 6.37. The second kappa shape index (κ2) is 12.5. The van der Waals surface area contributed by atoms with Crippen LogP contribution in [0.4, 0.5) is 0 Å². The highest BCUT2D eigenvalue weighted by Gasteiger charge is 2.46. The highest BCUT2D eigenvalue weighted by molar-refractivity contribution is 5.91. The topological polar surface area (TPSA) is 294 Å². The first kappa shape index (κ1) is 31.6. The van der Waals surface area contributed by atoms with Crippen LogP contribution in [0.3, 0.4) is 0 Å². The lowest BCUT2D eigenvalue weighted by molar-refractivity contribution is -0.277. The molecule has 0 radical (unpaired) electrons. The van der Waals surface area contributed by atoms with Gasteiger partial charge in [0, 0.05) is 0 Å². The van der Waals surface area contributed by atoms with Crippen LogP contribution in [0.25, 0.3) is 0 Å². The van der Waals surface area contributed by atoms with Gasteiger partial charge >= 0.3 is 11.9 Å². The van der Waals surface area contributed by atoms with Gasteiger partial charge in [0.05, 0.1) is 11.1 Å². The number of hydrogen-bond acceptors (Lipinski definition) is 17. The van der Waals surface area contributed by atoms with Gasteiger partial charge in [-0.05, 0) is 42.0 Å². The van der Waals surface area contributed by atoms with Gasteiger partial charge in [0.2, 0.25) is 12.0 Å². The lowest BCUT2D eigenvalue weighted by Crippen LogP contribution is -2.60. The summed E-state index contributed by atoms with van der Waals surface area (Å²) in [5, 5.41) is 109. The summed E-state index contributed by atoms with van der Waals surface area (Å²) in [4.78, 5) is 24.6. The predicted molar refractivity (Wildman–Crippen MR) is 139 cm³/mol. The van der Waals surface area contributed by atoms with Gasteiger partial charge in [0.15, 0.2) is 46.0 Å². The van der Waals surface area contributed by atoms with Gasteiger partial charge in [-0.2, -0.15) is 0 Å². The second-order valence-corrected chi connectivity index (χ2v) is 9.50. The van der Waals surface area contributed by atoms with Crippen molar-refractivity contribution in [3.8, 4) is 51.7 Å². The van der Waals surface area contributed by atoms with Crippen molar-refractivity contribution in [2.45, 2.75) is 37.3 Å². The number of ether oxygens (including phenoxy) is 4. The zero-order valence-corrected chi connectivity index (χ0v) is 22.1. The molecule has 0 bridgehead atoms. The molecule has 0 unspecified atom stereocenters. The maximum absolute atomic E-state index is 12.3. The van der Waals surface area contributed by atoms with Crippen LogP contribution in [0.15, 0.2) is 36.4 Å². The Morgan fingerprint density at radius 3 is 1.55 bits per heavy atom. The van der Waals surface area contributed by atoms with E-state index in [2.05, 4.69) is 0 Å². The third kappa shape index (κ3) is 6.50. The van der Waals surface area contributed by atoms with Gasteiger partial charge in [-0.25, -0.2) is 9.59 Å². The molecule has 0 aliphatic carbocycles. The van der Waals surface area contributed by atoms with E-state index in [0.717, 1.165) is 36.4 Å². The van der Waals surface area contributed by atoms with Crippen LogP contribution in [0.2, 0.25) is 0 Å². The first-order chi connectivity index (χ1) is 20.7. The molecule has 17 heteroatoms. The Bertz CT molecular complexity index is 1500. The first-order valence-electron chi connectivity index (χ1n) is 12.4. The Labute approximate surface area is 245 Å². The number of aromatic hydroxyl groups is 8. The van der Waals surface area contributed by atoms with Crippen molar-refractivity contribution in [3.05, 3.63) is 53.1 Å². The Morgan fingerprint density at radius 2 is 1.07 bits per heavy atom. The average Bonchev–Trinajstić information content (AvgIpc) is 2.97. The van der Waals surface area contributed by atoms with E-state index in [9.17, 15) is 65.8 Å². The van der Waals surface area contributed by atoms with E-state index in [0.29, 0.717) is 0 Å². The summed E-state index contributed by atoms with van der Waals surface area (Å²) in [5.41, 5.74) is -0.698. The van der Waals surface area contributed by atoms with Gasteiger partial charge < -0.3 is 75.1 Å². The summed E-state index contributed by atoms with van der Waals surface area (Å²) in [6, 6.07) is 5.24. The summed E-state index contributed by atoms with van der Waals surface area (Å²) >= 11 is 0. The number of aliphatic hydroxyl groups is 3. The Balaban J connectivity index is 1.42. The molecule has 5 atom stereocenters. The van der Waals surface area contributed by atoms with Gasteiger partial charge in [-0.3, -0.25) is 0 Å². The van der Waals surface area contributed by atoms with Crippen molar-refractivity contribution in [2.75, 3.05) is 6.61 Å². The molecule has 1 aliphatic heterocycles. The number of aliphatic hydroxyl groups excluding tert-OH is 3. The van der Waals surface area contributed by atoms with Crippen LogP contribution in [0.1, 0.15) is 26.3 Å². The van der Waals surface area contributed by atoms with Crippen LogP contribution in [-0.2, 0) is 20.8 Å². The smallest absolute Gasteiger partial charge is 0.338 e. The molecule has 44 heavy (non-hydrogen) atoms. The highest BCUT2D eigenvalue weighted by Crippen LogP contribution is 2.40. The van der Waals surface area contributed by atoms with Gasteiger partial charge in [0.1, 0.15) is 37.6 Å². The summed E-state index contributed by atoms with van der Waals surface area (Å²) in [6.45, 7) is -1.30. The van der Waals surface area contributed by atoms with E-state index in [1.807, 2.05) is 0 Å². The molecular formula is C27H26O17. The lowest BCUT2D eigenvalue weighted by Gasteiger charge is -2.40. The van der Waals surface area contributed by atoms with E-state index >= 15 is 0 Å². The van der Waals surface area contributed by atoms with E-state index in [1.54, 1.807) is 0 Å². The summed E-state index contributed by atoms with van der Waals surface area (Å²) < 4.78 is 20.7. The minimum atomic E-state index is -1.94. The third-order valence-electron chi connectivity index (χ3n) is 6.37. The molecule has 1 saturated heterocycles. The number of phenolic OH excluding ortho intramolecular Hbond substituents is 8. The Hall–Kier alpha value is -5.36. The molecule has 11 N–H and O–H groups in total. The number of benzene rings is 3. The van der Waals surface area contributed by atoms with Gasteiger partial charge in [-0.15, -0.1) is 0 Å². The van der Waals surface area contributed by atoms with Crippen LogP contribution in [0.5, 0.6) is 51.7 Å². The molecule has 236 valence electrons. The molecule has 4 rings (SSSR count). The van der Waals surface area contributed by atoms with E-state index in [4.69, 9.17) is 18.9 Å². The molecule has 0 saturated carbocycles. The monoisotopic (exact) mass is 622 g/mol. The fourth-order valence-electron chi connectivity index (χ4n) is 4.04. The SMILES string of the molecule is O=C(OCc1cc(O)c(O[C@@H]2O[C@H](COC(=O)c3cc(O)c(O)c(O)c3)[C@@H](O)[C@H](O)[C@H]2O)c(O)c1)c1cc(O)c(O)c(O)c1. The van der Waals surface area contributed by atoms with Crippen LogP contribution >= 0.6 is 0 Å². The van der Waals surface area contributed by atoms with Gasteiger partial charge in [0.25, 0.3) is 0 Å². The van der Waals surface area contributed by atoms with Crippen molar-refractivity contribution in [1.29, 1.82) is 0 Å². The minimum Gasteiger partial charge on any atom is -0.504 e. The van der Waals surface area contributed by atoms with Crippen molar-refractivity contribution in [1.82, 2.24) is 0 Å². The number of esters is 2. The molecule has 0 spiro atoms. The predicted octanol–water partition coefficient (Wildman–Crippen LogP) is -0.268. The summed E-state index contributed by atoms with van der Waals surface area (Å²) in [7, 11) is 0. The average molecular weight is 622 g/mol. The van der Waals surface area contributed by atoms with Crippen molar-refractivity contribution >= 4 is 11.9 Å². The molecule has 1 heterocycles. The van der Waals surface area contributed by atoms with E-state index in [1.165, 1.54) is 0 Å². The number of carbonyl (C=O) groups is 2. The fraction of sp³-hybridized carbons (Fsp3) is 0.259. The number of hydrogen-bond donors (Lipinski definition) is 11. The molecule has 1 fully saturated rings. The summed E-state index contributed by atoms with van der Waals surface area (Å²) in [5.74, 6) is -9.27. The van der Waals surface area contributed by atoms with E-state index < -0.39 is 113 Å². The Kier molecular flexibility index (Phi) is 8.95. The largest absolute Gasteiger partial charge is 0.504 e. The first-order valence-corrected chi connectivity index (χ1v) is 12.4. The molecule has 1 aliphatic rings. The highest BCUT2D eigenvalue weighted by atomic mass is 16.7. The lowest BCUT2D eigenvalue weighted by atomic mass is 9.99. The quantitative estimate of drug-likeness (QED) is 0.114. The van der Waals surface area contributed by atoms with Crippen molar-refractivity contribution < 1.29 is 84.7 Å². The molecule has 0 aromatic heterocycles. The van der Waals surface area contributed by atoms with Crippen LogP contribution in [0, 0.1) is 0 Å². The maximum Gasteiger partial charge on any atom is 0.338 e. The molecular weight excluding hydrogens is 596 g/mol. The standard InChI is InChI=1S/C27H26O17/c28-12-3-10(4-13(29)19(12)34)25(39)41-7-9-1-16(32)24(17(33)2-9)44-27-23(38)22(37)21(36)18(43-27)8-42-26(40)11-5-14(30)20(35)15(31)6-11/h1-6,18,21-23,27-38H,7-8H2/t18-,21-,22+,23-,27+/m1/s1. The van der Waals surface area contributed by atoms with Crippen molar-refractivity contribution in [2.24, 2.45) is 0 Å². The minimum absolute atomic E-state index is 0.0181. The second-order valence-electron chi connectivity index (χ2n) is 9.50. The molecule has 17 nitrogen and oxygen atoms in total. The van der Waals surface area contributed by atoms with Crippen molar-refractivity contribution in [3.63, 3.8) is 0 Å². The number of phenols is 8. The van der Waals surface area contributed by atoms with Crippen LogP contribution in [-0.4, -0.2) is 105 Å². The van der Waals surface area contributed by atoms with Gasteiger partial charge in [-0.1, -0.05) is 0 Å². The number of rotatable bonds is 8. The van der Waals surface area contributed by atoms with E-state index in [-0.39, 0.29) is 11.1 Å². The maximum atomic E-state index is 12.3. The zero-order valence-electron chi connectivity index (χ0n) is 22.1. The normalized spacial score (nSPS) is 21.4. The summed E-state index contributed by atoms with van der Waals surface area (Å²) in [6.07, 6.45) is -9.09.